The molecule has 0 bridgehead atoms. The summed E-state index contributed by atoms with van der Waals surface area (Å²) in [4.78, 5) is 18.8. The molecule has 0 saturated carbocycles. The third kappa shape index (κ3) is 4.03. The molecule has 0 aromatic heterocycles. The van der Waals surface area contributed by atoms with Crippen LogP contribution in [0.25, 0.3) is 0 Å². The number of hydrogen-bond donors (Lipinski definition) is 0. The first-order valence-electron chi connectivity index (χ1n) is 8.63. The van der Waals surface area contributed by atoms with Gasteiger partial charge in [-0.2, -0.15) is 0 Å². The smallest absolute Gasteiger partial charge is 0.298 e. The summed E-state index contributed by atoms with van der Waals surface area (Å²) >= 11 is 6.10. The maximum atomic E-state index is 12.0. The zero-order chi connectivity index (χ0) is 16.9. The Morgan fingerprint density at radius 1 is 1.21 bits per heavy atom. The molecule has 1 atom stereocenters. The van der Waals surface area contributed by atoms with Crippen molar-refractivity contribution in [2.45, 2.75) is 25.8 Å². The first-order valence-corrected chi connectivity index (χ1v) is 9.01. The lowest BCUT2D eigenvalue weighted by atomic mass is 10.0. The van der Waals surface area contributed by atoms with Gasteiger partial charge in [-0.1, -0.05) is 23.6 Å². The molecule has 3 rings (SSSR count). The Hall–Kier alpha value is -1.70. The zero-order valence-corrected chi connectivity index (χ0v) is 14.9. The highest BCUT2D eigenvalue weighted by atomic mass is 35.5. The van der Waals surface area contributed by atoms with Gasteiger partial charge in [0.05, 0.1) is 0 Å². The van der Waals surface area contributed by atoms with Gasteiger partial charge in [0.2, 0.25) is 0 Å². The first-order chi connectivity index (χ1) is 11.7. The minimum atomic E-state index is -0.0280. The molecular formula is C19H24ClN3O. The molecule has 0 radical (unpaired) electrons. The fraction of sp³-hybridized carbons (Fsp3) is 0.526. The van der Waals surface area contributed by atoms with Gasteiger partial charge in [-0.15, -0.1) is 0 Å². The van der Waals surface area contributed by atoms with Crippen molar-refractivity contribution in [1.82, 2.24) is 9.80 Å². The highest BCUT2D eigenvalue weighted by Crippen LogP contribution is 2.23. The molecule has 0 aliphatic carbocycles. The van der Waals surface area contributed by atoms with Crippen LogP contribution in [0.15, 0.2) is 24.3 Å². The number of carbonyl (C=O) groups excluding carboxylic acids is 1. The van der Waals surface area contributed by atoms with Crippen molar-refractivity contribution in [1.29, 1.82) is 0 Å². The first kappa shape index (κ1) is 17.1. The van der Waals surface area contributed by atoms with Crippen molar-refractivity contribution in [3.63, 3.8) is 0 Å². The van der Waals surface area contributed by atoms with Crippen LogP contribution in [0.5, 0.6) is 0 Å². The Morgan fingerprint density at radius 2 is 2.00 bits per heavy atom. The van der Waals surface area contributed by atoms with Crippen LogP contribution < -0.4 is 4.90 Å². The van der Waals surface area contributed by atoms with Crippen LogP contribution in [-0.4, -0.2) is 61.0 Å². The standard InChI is InChI=1S/C19H24ClN3O/c1-2-5-19(24)23-9-4-8-18(15-23)22-12-10-21(11-13-22)17-7-3-6-16(20)14-17/h3,6-7,14,18H,4,8-13,15H2,1H3/t18-/m0/s1. The summed E-state index contributed by atoms with van der Waals surface area (Å²) in [5.41, 5.74) is 1.20. The summed E-state index contributed by atoms with van der Waals surface area (Å²) in [7, 11) is 0. The lowest BCUT2D eigenvalue weighted by molar-refractivity contribution is -0.127. The lowest BCUT2D eigenvalue weighted by Gasteiger charge is -2.43. The fourth-order valence-corrected chi connectivity index (χ4v) is 3.83. The molecule has 1 amide bonds. The number of amides is 1. The Labute approximate surface area is 149 Å². The van der Waals surface area contributed by atoms with Crippen LogP contribution in [0.2, 0.25) is 5.02 Å². The largest absolute Gasteiger partial charge is 0.369 e. The van der Waals surface area contributed by atoms with Crippen LogP contribution in [0, 0.1) is 11.8 Å². The summed E-state index contributed by atoms with van der Waals surface area (Å²) in [6.45, 7) is 7.42. The average molecular weight is 346 g/mol. The minimum Gasteiger partial charge on any atom is -0.369 e. The van der Waals surface area contributed by atoms with E-state index in [1.165, 1.54) is 12.1 Å². The van der Waals surface area contributed by atoms with E-state index < -0.39 is 0 Å². The highest BCUT2D eigenvalue weighted by Gasteiger charge is 2.29. The second-order valence-corrected chi connectivity index (χ2v) is 6.86. The monoisotopic (exact) mass is 345 g/mol. The molecule has 128 valence electrons. The highest BCUT2D eigenvalue weighted by molar-refractivity contribution is 6.30. The summed E-state index contributed by atoms with van der Waals surface area (Å²) in [6, 6.07) is 8.52. The van der Waals surface area contributed by atoms with E-state index in [2.05, 4.69) is 27.7 Å². The van der Waals surface area contributed by atoms with Gasteiger partial charge < -0.3 is 9.80 Å². The predicted molar refractivity (Wildman–Crippen MR) is 98.3 cm³/mol. The van der Waals surface area contributed by atoms with Crippen molar-refractivity contribution in [2.75, 3.05) is 44.2 Å². The molecule has 5 heteroatoms. The SMILES string of the molecule is CC#CC(=O)N1CCC[C@H](N2CCN(c3cccc(Cl)c3)CC2)C1. The molecule has 1 aromatic rings. The summed E-state index contributed by atoms with van der Waals surface area (Å²) < 4.78 is 0. The molecule has 1 aromatic carbocycles. The number of hydrogen-bond acceptors (Lipinski definition) is 3. The van der Waals surface area contributed by atoms with Gasteiger partial charge in [-0.25, -0.2) is 0 Å². The van der Waals surface area contributed by atoms with Gasteiger partial charge in [-0.05, 0) is 43.9 Å². The molecule has 2 fully saturated rings. The van der Waals surface area contributed by atoms with Crippen molar-refractivity contribution >= 4 is 23.2 Å². The molecule has 0 unspecified atom stereocenters. The molecule has 0 N–H and O–H groups in total. The molecule has 0 spiro atoms. The number of likely N-dealkylation sites (tertiary alicyclic amines) is 1. The van der Waals surface area contributed by atoms with Crippen LogP contribution in [0.1, 0.15) is 19.8 Å². The van der Waals surface area contributed by atoms with Gasteiger partial charge in [0.1, 0.15) is 0 Å². The minimum absolute atomic E-state index is 0.0280. The number of piperidine rings is 1. The van der Waals surface area contributed by atoms with Gasteiger partial charge in [-0.3, -0.25) is 9.69 Å². The predicted octanol–water partition coefficient (Wildman–Crippen LogP) is 2.48. The topological polar surface area (TPSA) is 26.8 Å². The molecule has 2 aliphatic heterocycles. The molecule has 2 saturated heterocycles. The van der Waals surface area contributed by atoms with Crippen LogP contribution >= 0.6 is 11.6 Å². The third-order valence-electron chi connectivity index (χ3n) is 4.92. The van der Waals surface area contributed by atoms with Gasteiger partial charge in [0.15, 0.2) is 0 Å². The van der Waals surface area contributed by atoms with E-state index in [1.54, 1.807) is 6.92 Å². The Balaban J connectivity index is 1.56. The maximum Gasteiger partial charge on any atom is 0.298 e. The number of halogens is 1. The molecule has 2 heterocycles. The number of rotatable bonds is 2. The normalized spacial score (nSPS) is 22.0. The Bertz CT molecular complexity index is 644. The van der Waals surface area contributed by atoms with Gasteiger partial charge in [0, 0.05) is 56.0 Å². The van der Waals surface area contributed by atoms with E-state index in [0.717, 1.165) is 50.7 Å². The van der Waals surface area contributed by atoms with Crippen molar-refractivity contribution in [3.05, 3.63) is 29.3 Å². The molecular weight excluding hydrogens is 322 g/mol. The van der Waals surface area contributed by atoms with E-state index in [9.17, 15) is 4.79 Å². The van der Waals surface area contributed by atoms with Crippen LogP contribution in [-0.2, 0) is 4.79 Å². The molecule has 24 heavy (non-hydrogen) atoms. The quantitative estimate of drug-likeness (QED) is 0.770. The number of piperazine rings is 1. The summed E-state index contributed by atoms with van der Waals surface area (Å²) in [6.07, 6.45) is 2.23. The number of benzene rings is 1. The second-order valence-electron chi connectivity index (χ2n) is 6.43. The van der Waals surface area contributed by atoms with E-state index in [0.29, 0.717) is 6.04 Å². The van der Waals surface area contributed by atoms with E-state index in [4.69, 9.17) is 11.6 Å². The Kier molecular flexibility index (Phi) is 5.65. The summed E-state index contributed by atoms with van der Waals surface area (Å²) in [5, 5.41) is 0.786. The average Bonchev–Trinajstić information content (AvgIpc) is 2.62. The number of carbonyl (C=O) groups is 1. The van der Waals surface area contributed by atoms with Crippen LogP contribution in [0.4, 0.5) is 5.69 Å². The van der Waals surface area contributed by atoms with Crippen molar-refractivity contribution in [3.8, 4) is 11.8 Å². The van der Waals surface area contributed by atoms with Crippen molar-refractivity contribution in [2.24, 2.45) is 0 Å². The Morgan fingerprint density at radius 3 is 2.71 bits per heavy atom. The maximum absolute atomic E-state index is 12.0. The van der Waals surface area contributed by atoms with E-state index >= 15 is 0 Å². The fourth-order valence-electron chi connectivity index (χ4n) is 3.64. The molecule has 4 nitrogen and oxygen atoms in total. The summed E-state index contributed by atoms with van der Waals surface area (Å²) in [5.74, 6) is 5.36. The third-order valence-corrected chi connectivity index (χ3v) is 5.15. The van der Waals surface area contributed by atoms with Gasteiger partial charge in [0.25, 0.3) is 5.91 Å². The zero-order valence-electron chi connectivity index (χ0n) is 14.2. The van der Waals surface area contributed by atoms with E-state index in [1.807, 2.05) is 23.1 Å². The lowest BCUT2D eigenvalue weighted by Crippen LogP contribution is -2.55. The second kappa shape index (κ2) is 7.92. The van der Waals surface area contributed by atoms with E-state index in [-0.39, 0.29) is 5.91 Å². The number of nitrogens with zero attached hydrogens (tertiary/aromatic N) is 3. The number of anilines is 1. The van der Waals surface area contributed by atoms with Crippen molar-refractivity contribution < 1.29 is 4.79 Å². The van der Waals surface area contributed by atoms with Gasteiger partial charge >= 0.3 is 0 Å². The van der Waals surface area contributed by atoms with Crippen LogP contribution in [0.3, 0.4) is 0 Å². The molecule has 2 aliphatic rings.